The number of hydrogen-bond donors (Lipinski definition) is 0. The first-order valence-electron chi connectivity index (χ1n) is 11.3. The summed E-state index contributed by atoms with van der Waals surface area (Å²) in [4.78, 5) is 18.2. The molecular weight excluding hydrogens is 538 g/mol. The number of hydrogen-bond acceptors (Lipinski definition) is 7. The fourth-order valence-electron chi connectivity index (χ4n) is 3.93. The summed E-state index contributed by atoms with van der Waals surface area (Å²) in [5.74, 6) is 2.34. The first-order valence-corrected chi connectivity index (χ1v) is 12.1. The lowest BCUT2D eigenvalue weighted by atomic mass is 10.2. The van der Waals surface area contributed by atoms with Crippen LogP contribution in [0.4, 0.5) is 0 Å². The first-order chi connectivity index (χ1) is 18.0. The molecule has 0 spiro atoms. The van der Waals surface area contributed by atoms with Gasteiger partial charge in [-0.1, -0.05) is 30.9 Å². The Labute approximate surface area is 220 Å². The molecule has 2 heterocycles. The summed E-state index contributed by atoms with van der Waals surface area (Å²) >= 11 is 3.52. The maximum Gasteiger partial charge on any atom is 0.282 e. The summed E-state index contributed by atoms with van der Waals surface area (Å²) in [6.45, 7) is 4.00. The van der Waals surface area contributed by atoms with E-state index in [1.54, 1.807) is 56.8 Å². The maximum absolute atomic E-state index is 13.5. The summed E-state index contributed by atoms with van der Waals surface area (Å²) < 4.78 is 24.6. The van der Waals surface area contributed by atoms with E-state index in [4.69, 9.17) is 23.6 Å². The monoisotopic (exact) mass is 559 g/mol. The van der Waals surface area contributed by atoms with Crippen LogP contribution in [0.2, 0.25) is 0 Å². The molecule has 0 aliphatic carbocycles. The van der Waals surface area contributed by atoms with E-state index in [0.29, 0.717) is 56.1 Å². The van der Waals surface area contributed by atoms with Crippen LogP contribution in [0.15, 0.2) is 92.1 Å². The Morgan fingerprint density at radius 2 is 1.86 bits per heavy atom. The summed E-state index contributed by atoms with van der Waals surface area (Å²) in [5.41, 5.74) is 1.48. The fraction of sp³-hybridized carbons (Fsp3) is 0.107. The van der Waals surface area contributed by atoms with Crippen molar-refractivity contribution < 1.29 is 18.6 Å². The number of aromatic nitrogens is 2. The molecule has 0 bridgehead atoms. The van der Waals surface area contributed by atoms with E-state index in [9.17, 15) is 4.79 Å². The Balaban J connectivity index is 1.67. The summed E-state index contributed by atoms with van der Waals surface area (Å²) in [6.07, 6.45) is 3.20. The van der Waals surface area contributed by atoms with Crippen LogP contribution in [0.3, 0.4) is 0 Å². The van der Waals surface area contributed by atoms with E-state index in [1.807, 2.05) is 30.3 Å². The standard InChI is InChI=1S/C28H22BrN3O5/c1-4-12-36-26-20(29)13-17(14-24(26)35-3)16-30-32-27(31-21-9-6-5-8-18(21)28(32)33)25-15-19-22(34-2)10-7-11-23(19)37-25/h4-11,13-16H,1,12H2,2-3H3. The van der Waals surface area contributed by atoms with Crippen molar-refractivity contribution in [1.82, 2.24) is 9.66 Å². The summed E-state index contributed by atoms with van der Waals surface area (Å²) in [6, 6.07) is 18.0. The molecule has 9 heteroatoms. The van der Waals surface area contributed by atoms with Crippen molar-refractivity contribution in [3.63, 3.8) is 0 Å². The molecule has 5 aromatic rings. The van der Waals surface area contributed by atoms with Crippen molar-refractivity contribution >= 4 is 44.0 Å². The lowest BCUT2D eigenvalue weighted by Gasteiger charge is -2.12. The van der Waals surface area contributed by atoms with Crippen molar-refractivity contribution in [1.29, 1.82) is 0 Å². The van der Waals surface area contributed by atoms with E-state index in [0.717, 1.165) is 5.39 Å². The van der Waals surface area contributed by atoms with Gasteiger partial charge in [-0.05, 0) is 64.0 Å². The van der Waals surface area contributed by atoms with Crippen LogP contribution >= 0.6 is 15.9 Å². The van der Waals surface area contributed by atoms with Crippen LogP contribution in [0.25, 0.3) is 33.5 Å². The quantitative estimate of drug-likeness (QED) is 0.170. The number of ether oxygens (including phenoxy) is 3. The number of halogens is 1. The Bertz CT molecular complexity index is 1720. The van der Waals surface area contributed by atoms with Crippen LogP contribution in [0.1, 0.15) is 5.56 Å². The molecule has 0 unspecified atom stereocenters. The number of para-hydroxylation sites is 1. The average Bonchev–Trinajstić information content (AvgIpc) is 3.36. The largest absolute Gasteiger partial charge is 0.496 e. The highest BCUT2D eigenvalue weighted by atomic mass is 79.9. The lowest BCUT2D eigenvalue weighted by Crippen LogP contribution is -2.20. The number of rotatable bonds is 8. The molecule has 0 saturated heterocycles. The Morgan fingerprint density at radius 3 is 2.65 bits per heavy atom. The zero-order chi connectivity index (χ0) is 25.9. The van der Waals surface area contributed by atoms with Crippen molar-refractivity contribution in [2.24, 2.45) is 5.10 Å². The maximum atomic E-state index is 13.5. The minimum atomic E-state index is -0.332. The molecule has 3 aromatic carbocycles. The Hall–Kier alpha value is -4.37. The van der Waals surface area contributed by atoms with E-state index >= 15 is 0 Å². The Morgan fingerprint density at radius 1 is 1.05 bits per heavy atom. The molecule has 0 aliphatic rings. The lowest BCUT2D eigenvalue weighted by molar-refractivity contribution is 0.324. The van der Waals surface area contributed by atoms with Crippen molar-refractivity contribution in [3.8, 4) is 28.8 Å². The van der Waals surface area contributed by atoms with Gasteiger partial charge < -0.3 is 18.6 Å². The zero-order valence-corrected chi connectivity index (χ0v) is 21.7. The van der Waals surface area contributed by atoms with Gasteiger partial charge in [0.15, 0.2) is 17.3 Å². The molecule has 8 nitrogen and oxygen atoms in total. The second kappa shape index (κ2) is 10.3. The number of nitrogens with zero attached hydrogens (tertiary/aromatic N) is 3. The molecule has 0 radical (unpaired) electrons. The summed E-state index contributed by atoms with van der Waals surface area (Å²) in [7, 11) is 3.14. The van der Waals surface area contributed by atoms with Gasteiger partial charge in [0.1, 0.15) is 17.9 Å². The SMILES string of the molecule is C=CCOc1c(Br)cc(C=Nn2c(-c3cc4c(OC)cccc4o3)nc3ccccc3c2=O)cc1OC. The fourth-order valence-corrected chi connectivity index (χ4v) is 4.51. The smallest absolute Gasteiger partial charge is 0.282 e. The predicted molar refractivity (Wildman–Crippen MR) is 147 cm³/mol. The molecule has 5 rings (SSSR count). The third-order valence-corrected chi connectivity index (χ3v) is 6.22. The molecule has 0 atom stereocenters. The number of methoxy groups -OCH3 is 2. The van der Waals surface area contributed by atoms with Gasteiger partial charge in [0, 0.05) is 0 Å². The van der Waals surface area contributed by atoms with Gasteiger partial charge >= 0.3 is 0 Å². The zero-order valence-electron chi connectivity index (χ0n) is 20.1. The Kier molecular flexibility index (Phi) is 6.78. The summed E-state index contributed by atoms with van der Waals surface area (Å²) in [5, 5.41) is 5.72. The van der Waals surface area contributed by atoms with E-state index in [-0.39, 0.29) is 11.4 Å². The molecule has 0 saturated carbocycles. The highest BCUT2D eigenvalue weighted by Gasteiger charge is 2.18. The third kappa shape index (κ3) is 4.61. The van der Waals surface area contributed by atoms with Crippen molar-refractivity contribution in [3.05, 3.63) is 93.7 Å². The van der Waals surface area contributed by atoms with Crippen LogP contribution < -0.4 is 19.8 Å². The minimum Gasteiger partial charge on any atom is -0.496 e. The van der Waals surface area contributed by atoms with Gasteiger partial charge in [-0.25, -0.2) is 4.98 Å². The molecule has 0 aliphatic heterocycles. The number of benzene rings is 3. The predicted octanol–water partition coefficient (Wildman–Crippen LogP) is 6.04. The van der Waals surface area contributed by atoms with Crippen molar-refractivity contribution in [2.45, 2.75) is 0 Å². The van der Waals surface area contributed by atoms with Gasteiger partial charge in [-0.15, -0.1) is 0 Å². The van der Waals surface area contributed by atoms with Crippen LogP contribution in [0.5, 0.6) is 17.2 Å². The topological polar surface area (TPSA) is 88.1 Å². The van der Waals surface area contributed by atoms with E-state index in [1.165, 1.54) is 4.68 Å². The molecule has 186 valence electrons. The molecule has 0 N–H and O–H groups in total. The normalized spacial score (nSPS) is 11.3. The van der Waals surface area contributed by atoms with Gasteiger partial charge in [0.05, 0.1) is 41.2 Å². The molecule has 37 heavy (non-hydrogen) atoms. The minimum absolute atomic E-state index is 0.259. The van der Waals surface area contributed by atoms with Crippen LogP contribution in [-0.4, -0.2) is 36.7 Å². The van der Waals surface area contributed by atoms with Gasteiger partial charge in [0.25, 0.3) is 5.56 Å². The van der Waals surface area contributed by atoms with Crippen LogP contribution in [0, 0.1) is 0 Å². The van der Waals surface area contributed by atoms with E-state index in [2.05, 4.69) is 27.6 Å². The highest BCUT2D eigenvalue weighted by molar-refractivity contribution is 9.10. The number of furan rings is 1. The molecule has 2 aromatic heterocycles. The van der Waals surface area contributed by atoms with Gasteiger partial charge in [-0.2, -0.15) is 9.78 Å². The van der Waals surface area contributed by atoms with Gasteiger partial charge in [0.2, 0.25) is 5.82 Å². The molecular formula is C28H22BrN3O5. The highest BCUT2D eigenvalue weighted by Crippen LogP contribution is 2.36. The molecule has 0 amide bonds. The first kappa shape index (κ1) is 24.3. The van der Waals surface area contributed by atoms with Crippen molar-refractivity contribution in [2.75, 3.05) is 20.8 Å². The third-order valence-electron chi connectivity index (χ3n) is 5.64. The second-order valence-electron chi connectivity index (χ2n) is 7.93. The number of fused-ring (bicyclic) bond motifs is 2. The van der Waals surface area contributed by atoms with E-state index < -0.39 is 0 Å². The van der Waals surface area contributed by atoms with Gasteiger partial charge in [-0.3, -0.25) is 4.79 Å². The molecule has 0 fully saturated rings. The second-order valence-corrected chi connectivity index (χ2v) is 8.78. The van der Waals surface area contributed by atoms with Crippen LogP contribution in [-0.2, 0) is 0 Å². The average molecular weight is 560 g/mol.